The van der Waals surface area contributed by atoms with Gasteiger partial charge in [0.1, 0.15) is 11.5 Å². The van der Waals surface area contributed by atoms with Gasteiger partial charge in [-0.15, -0.1) is 0 Å². The molecule has 0 aliphatic carbocycles. The van der Waals surface area contributed by atoms with Crippen molar-refractivity contribution in [2.45, 2.75) is 19.8 Å². The molecule has 3 heterocycles. The number of morpholine rings is 1. The molecule has 2 aliphatic heterocycles. The van der Waals surface area contributed by atoms with Crippen LogP contribution < -0.4 is 10.2 Å². The molecule has 1 aromatic heterocycles. The molecule has 1 amide bonds. The van der Waals surface area contributed by atoms with Crippen molar-refractivity contribution < 1.29 is 9.53 Å². The Balaban J connectivity index is 1.45. The lowest BCUT2D eigenvalue weighted by Gasteiger charge is -2.30. The van der Waals surface area contributed by atoms with Crippen LogP contribution in [0.15, 0.2) is 12.4 Å². The number of rotatable bonds is 5. The van der Waals surface area contributed by atoms with Crippen LogP contribution in [0.1, 0.15) is 30.3 Å². The fraction of sp³-hybridized carbons (Fsp3) is 0.706. The second-order valence-electron chi connectivity index (χ2n) is 6.64. The summed E-state index contributed by atoms with van der Waals surface area (Å²) in [5, 5.41) is 2.91. The lowest BCUT2D eigenvalue weighted by Crippen LogP contribution is -2.41. The van der Waals surface area contributed by atoms with Crippen molar-refractivity contribution in [1.29, 1.82) is 0 Å². The second-order valence-corrected chi connectivity index (χ2v) is 6.64. The van der Waals surface area contributed by atoms with E-state index in [9.17, 15) is 4.79 Å². The first-order chi connectivity index (χ1) is 11.7. The Morgan fingerprint density at radius 1 is 1.21 bits per heavy atom. The number of aromatic nitrogens is 2. The monoisotopic (exact) mass is 333 g/mol. The quantitative estimate of drug-likeness (QED) is 0.858. The number of nitrogens with one attached hydrogen (secondary N) is 1. The SMILES string of the molecule is CC1CCN(c2cnc(C(=O)NCCN3CCOCC3)cn2)CC1. The third-order valence-corrected chi connectivity index (χ3v) is 4.80. The first-order valence-electron chi connectivity index (χ1n) is 8.87. The van der Waals surface area contributed by atoms with Crippen LogP contribution in [0.25, 0.3) is 0 Å². The lowest BCUT2D eigenvalue weighted by atomic mass is 9.99. The van der Waals surface area contributed by atoms with Crippen molar-refractivity contribution in [2.75, 3.05) is 57.4 Å². The first-order valence-corrected chi connectivity index (χ1v) is 8.87. The highest BCUT2D eigenvalue weighted by atomic mass is 16.5. The van der Waals surface area contributed by atoms with Crippen LogP contribution in [0, 0.1) is 5.92 Å². The average Bonchev–Trinajstić information content (AvgIpc) is 2.63. The smallest absolute Gasteiger partial charge is 0.271 e. The Bertz CT molecular complexity index is 522. The molecule has 0 atom stereocenters. The summed E-state index contributed by atoms with van der Waals surface area (Å²) in [7, 11) is 0. The largest absolute Gasteiger partial charge is 0.379 e. The molecule has 2 fully saturated rings. The second kappa shape index (κ2) is 8.39. The zero-order chi connectivity index (χ0) is 16.8. The molecular formula is C17H27N5O2. The summed E-state index contributed by atoms with van der Waals surface area (Å²) in [5.74, 6) is 1.49. The van der Waals surface area contributed by atoms with Crippen LogP contribution in [0.2, 0.25) is 0 Å². The number of carbonyl (C=O) groups excluding carboxylic acids is 1. The number of carbonyl (C=O) groups is 1. The van der Waals surface area contributed by atoms with Crippen molar-refractivity contribution in [2.24, 2.45) is 5.92 Å². The molecule has 132 valence electrons. The van der Waals surface area contributed by atoms with Gasteiger partial charge in [-0.05, 0) is 18.8 Å². The minimum Gasteiger partial charge on any atom is -0.379 e. The standard InChI is InChI=1S/C17H27N5O2/c1-14-2-5-22(6-3-14)16-13-19-15(12-20-16)17(23)18-4-7-21-8-10-24-11-9-21/h12-14H,2-11H2,1H3,(H,18,23). The van der Waals surface area contributed by atoms with Gasteiger partial charge in [-0.2, -0.15) is 0 Å². The Hall–Kier alpha value is -1.73. The van der Waals surface area contributed by atoms with Gasteiger partial charge in [0, 0.05) is 39.3 Å². The zero-order valence-electron chi connectivity index (χ0n) is 14.4. The fourth-order valence-corrected chi connectivity index (χ4v) is 3.08. The molecule has 24 heavy (non-hydrogen) atoms. The first kappa shape index (κ1) is 17.1. The lowest BCUT2D eigenvalue weighted by molar-refractivity contribution is 0.0383. The van der Waals surface area contributed by atoms with Gasteiger partial charge in [-0.3, -0.25) is 9.69 Å². The van der Waals surface area contributed by atoms with Crippen LogP contribution in [0.5, 0.6) is 0 Å². The van der Waals surface area contributed by atoms with Crippen LogP contribution in [0.3, 0.4) is 0 Å². The summed E-state index contributed by atoms with van der Waals surface area (Å²) < 4.78 is 5.31. The number of nitrogens with zero attached hydrogens (tertiary/aromatic N) is 4. The van der Waals surface area contributed by atoms with E-state index >= 15 is 0 Å². The van der Waals surface area contributed by atoms with E-state index < -0.39 is 0 Å². The molecular weight excluding hydrogens is 306 g/mol. The van der Waals surface area contributed by atoms with Crippen LogP contribution in [-0.2, 0) is 4.74 Å². The highest BCUT2D eigenvalue weighted by Gasteiger charge is 2.18. The topological polar surface area (TPSA) is 70.6 Å². The van der Waals surface area contributed by atoms with Gasteiger partial charge < -0.3 is 15.0 Å². The molecule has 7 nitrogen and oxygen atoms in total. The van der Waals surface area contributed by atoms with E-state index in [4.69, 9.17) is 4.74 Å². The molecule has 2 saturated heterocycles. The molecule has 2 aliphatic rings. The van der Waals surface area contributed by atoms with Crippen LogP contribution >= 0.6 is 0 Å². The van der Waals surface area contributed by atoms with E-state index in [1.165, 1.54) is 12.8 Å². The number of hydrogen-bond acceptors (Lipinski definition) is 6. The maximum Gasteiger partial charge on any atom is 0.271 e. The van der Waals surface area contributed by atoms with Gasteiger partial charge in [0.05, 0.1) is 25.6 Å². The highest BCUT2D eigenvalue weighted by molar-refractivity contribution is 5.92. The number of piperidine rings is 1. The maximum absolute atomic E-state index is 12.1. The summed E-state index contributed by atoms with van der Waals surface area (Å²) in [6.07, 6.45) is 5.67. The van der Waals surface area contributed by atoms with Gasteiger partial charge in [0.25, 0.3) is 5.91 Å². The van der Waals surface area contributed by atoms with E-state index in [0.29, 0.717) is 12.2 Å². The van der Waals surface area contributed by atoms with Gasteiger partial charge >= 0.3 is 0 Å². The molecule has 1 N–H and O–H groups in total. The fourth-order valence-electron chi connectivity index (χ4n) is 3.08. The number of amides is 1. The summed E-state index contributed by atoms with van der Waals surface area (Å²) in [4.78, 5) is 25.4. The maximum atomic E-state index is 12.1. The van der Waals surface area contributed by atoms with Crippen molar-refractivity contribution >= 4 is 11.7 Å². The van der Waals surface area contributed by atoms with Gasteiger partial charge in [0.15, 0.2) is 0 Å². The number of anilines is 1. The molecule has 0 aromatic carbocycles. The Morgan fingerprint density at radius 3 is 2.62 bits per heavy atom. The van der Waals surface area contributed by atoms with Crippen molar-refractivity contribution in [3.05, 3.63) is 18.1 Å². The van der Waals surface area contributed by atoms with Gasteiger partial charge in [-0.1, -0.05) is 6.92 Å². The van der Waals surface area contributed by atoms with Crippen molar-refractivity contribution in [3.8, 4) is 0 Å². The van der Waals surface area contributed by atoms with Crippen LogP contribution in [-0.4, -0.2) is 73.3 Å². The van der Waals surface area contributed by atoms with E-state index in [2.05, 4.69) is 32.0 Å². The van der Waals surface area contributed by atoms with E-state index in [1.54, 1.807) is 12.4 Å². The van der Waals surface area contributed by atoms with Gasteiger partial charge in [0.2, 0.25) is 0 Å². The highest BCUT2D eigenvalue weighted by Crippen LogP contribution is 2.20. The summed E-state index contributed by atoms with van der Waals surface area (Å²) in [6, 6.07) is 0. The van der Waals surface area contributed by atoms with Crippen LogP contribution in [0.4, 0.5) is 5.82 Å². The van der Waals surface area contributed by atoms with Crippen molar-refractivity contribution in [1.82, 2.24) is 20.2 Å². The summed E-state index contributed by atoms with van der Waals surface area (Å²) >= 11 is 0. The van der Waals surface area contributed by atoms with E-state index in [1.807, 2.05) is 0 Å². The van der Waals surface area contributed by atoms with E-state index in [0.717, 1.165) is 57.7 Å². The minimum absolute atomic E-state index is 0.158. The van der Waals surface area contributed by atoms with Crippen molar-refractivity contribution in [3.63, 3.8) is 0 Å². The summed E-state index contributed by atoms with van der Waals surface area (Å²) in [6.45, 7) is 9.18. The molecule has 1 aromatic rings. The Kier molecular flexibility index (Phi) is 5.98. The molecule has 0 saturated carbocycles. The minimum atomic E-state index is -0.158. The Morgan fingerprint density at radius 2 is 1.96 bits per heavy atom. The molecule has 0 radical (unpaired) electrons. The molecule has 0 spiro atoms. The van der Waals surface area contributed by atoms with E-state index in [-0.39, 0.29) is 5.91 Å². The van der Waals surface area contributed by atoms with Gasteiger partial charge in [-0.25, -0.2) is 9.97 Å². The molecule has 3 rings (SSSR count). The number of hydrogen-bond donors (Lipinski definition) is 1. The number of ether oxygens (including phenoxy) is 1. The zero-order valence-corrected chi connectivity index (χ0v) is 14.4. The molecule has 0 unspecified atom stereocenters. The Labute approximate surface area is 143 Å². The summed E-state index contributed by atoms with van der Waals surface area (Å²) in [5.41, 5.74) is 0.381. The normalized spacial score (nSPS) is 20.1. The third-order valence-electron chi connectivity index (χ3n) is 4.80. The molecule has 0 bridgehead atoms. The predicted octanol–water partition coefficient (Wildman–Crippen LogP) is 0.775. The third kappa shape index (κ3) is 4.64. The molecule has 7 heteroatoms. The average molecular weight is 333 g/mol. The predicted molar refractivity (Wildman–Crippen MR) is 92.2 cm³/mol.